The van der Waals surface area contributed by atoms with Crippen molar-refractivity contribution < 1.29 is 9.90 Å². The summed E-state index contributed by atoms with van der Waals surface area (Å²) in [5.74, 6) is -1.01. The molecule has 0 saturated carbocycles. The molecule has 110 valence electrons. The van der Waals surface area contributed by atoms with Crippen LogP contribution in [0.2, 0.25) is 0 Å². The van der Waals surface area contributed by atoms with E-state index in [0.717, 1.165) is 10.1 Å². The second-order valence-corrected chi connectivity index (χ2v) is 5.02. The summed E-state index contributed by atoms with van der Waals surface area (Å²) in [6, 6.07) is 10.7. The molecule has 0 aliphatic carbocycles. The Morgan fingerprint density at radius 2 is 1.55 bits per heavy atom. The van der Waals surface area contributed by atoms with Crippen molar-refractivity contribution in [1.29, 1.82) is 0 Å². The van der Waals surface area contributed by atoms with Gasteiger partial charge in [0, 0.05) is 0 Å². The first kappa shape index (κ1) is 14.1. The Hall–Kier alpha value is -2.81. The molecule has 0 radical (unpaired) electrons. The van der Waals surface area contributed by atoms with E-state index in [1.807, 2.05) is 18.2 Å². The molecule has 4 rings (SSSR count). The van der Waals surface area contributed by atoms with Gasteiger partial charge in [0.05, 0.1) is 23.4 Å². The van der Waals surface area contributed by atoms with Gasteiger partial charge in [0.2, 0.25) is 0 Å². The lowest BCUT2D eigenvalue weighted by Gasteiger charge is -1.95. The number of carboxylic acids is 1. The summed E-state index contributed by atoms with van der Waals surface area (Å²) < 4.78 is 3.92. The zero-order valence-electron chi connectivity index (χ0n) is 11.0. The number of carbonyl (C=O) groups is 1. The molecule has 9 heteroatoms. The number of hydrogen-bond donors (Lipinski definition) is 1. The Labute approximate surface area is 132 Å². The molecule has 0 amide bonds. The van der Waals surface area contributed by atoms with Gasteiger partial charge in [-0.3, -0.25) is 0 Å². The first-order valence-corrected chi connectivity index (χ1v) is 6.94. The van der Waals surface area contributed by atoms with Crippen molar-refractivity contribution in [3.05, 3.63) is 59.1 Å². The Bertz CT molecular complexity index is 948. The molecule has 0 fully saturated rings. The highest BCUT2D eigenvalue weighted by molar-refractivity contribution is 9.10. The van der Waals surface area contributed by atoms with Crippen LogP contribution < -0.4 is 0 Å². The average Bonchev–Trinajstić information content (AvgIpc) is 3.16. The molecule has 0 atom stereocenters. The van der Waals surface area contributed by atoms with Crippen LogP contribution in [0.25, 0.3) is 11.0 Å². The quantitative estimate of drug-likeness (QED) is 0.520. The third-order valence-corrected chi connectivity index (χ3v) is 3.42. The maximum absolute atomic E-state index is 10.6. The number of carboxylic acid groups (broad SMARTS) is 1. The van der Waals surface area contributed by atoms with E-state index in [4.69, 9.17) is 5.11 Å². The number of pyridine rings is 2. The highest BCUT2D eigenvalue weighted by Gasteiger charge is 2.07. The Morgan fingerprint density at radius 3 is 2.18 bits per heavy atom. The number of halogens is 1. The van der Waals surface area contributed by atoms with Crippen molar-refractivity contribution in [1.82, 2.24) is 29.7 Å². The van der Waals surface area contributed by atoms with Gasteiger partial charge in [-0.25, -0.2) is 13.8 Å². The van der Waals surface area contributed by atoms with Crippen LogP contribution >= 0.6 is 15.9 Å². The number of hydrogen-bond acceptors (Lipinski definition) is 5. The predicted molar refractivity (Wildman–Crippen MR) is 80.6 cm³/mol. The molecule has 0 bridgehead atoms. The van der Waals surface area contributed by atoms with Crippen molar-refractivity contribution in [3.63, 3.8) is 0 Å². The number of rotatable bonds is 1. The number of aromatic carboxylic acids is 1. The lowest BCUT2D eigenvalue weighted by molar-refractivity contribution is 0.0687. The minimum absolute atomic E-state index is 0.116. The van der Waals surface area contributed by atoms with Crippen LogP contribution in [0.3, 0.4) is 0 Å². The fourth-order valence-corrected chi connectivity index (χ4v) is 2.26. The van der Waals surface area contributed by atoms with Crippen LogP contribution in [0.5, 0.6) is 0 Å². The minimum Gasteiger partial charge on any atom is -0.477 e. The highest BCUT2D eigenvalue weighted by Crippen LogP contribution is 2.10. The number of fused-ring (bicyclic) bond motifs is 2. The van der Waals surface area contributed by atoms with E-state index in [1.165, 1.54) is 16.8 Å². The topological polar surface area (TPSA) is 97.7 Å². The first-order valence-electron chi connectivity index (χ1n) is 6.14. The third-order valence-electron chi connectivity index (χ3n) is 2.82. The molecule has 22 heavy (non-hydrogen) atoms. The molecule has 0 spiro atoms. The summed E-state index contributed by atoms with van der Waals surface area (Å²) in [5, 5.41) is 23.5. The Balaban J connectivity index is 0.000000133. The van der Waals surface area contributed by atoms with Gasteiger partial charge in [-0.15, -0.1) is 10.2 Å². The van der Waals surface area contributed by atoms with E-state index in [2.05, 4.69) is 36.6 Å². The van der Waals surface area contributed by atoms with Gasteiger partial charge in [-0.1, -0.05) is 22.6 Å². The van der Waals surface area contributed by atoms with Crippen molar-refractivity contribution >= 4 is 32.9 Å². The first-order chi connectivity index (χ1) is 10.7. The maximum atomic E-state index is 10.6. The molecule has 0 unspecified atom stereocenters. The summed E-state index contributed by atoms with van der Waals surface area (Å²) in [5.41, 5.74) is 1.79. The molecule has 4 aromatic heterocycles. The fourth-order valence-electron chi connectivity index (χ4n) is 1.83. The molecular weight excluding hydrogens is 352 g/mol. The standard InChI is InChI=1S/C7H5N3O2.C6H4BrN3/c11-7(12)6-3-1-2-5-4-8-9-10(5)6;7-6-3-1-2-5-4-8-9-10(5)6/h1-4H,(H,11,12);1-4H. The molecule has 4 aromatic rings. The minimum atomic E-state index is -1.01. The maximum Gasteiger partial charge on any atom is 0.354 e. The molecule has 0 aliphatic heterocycles. The van der Waals surface area contributed by atoms with Crippen LogP contribution in [0.1, 0.15) is 10.5 Å². The highest BCUT2D eigenvalue weighted by atomic mass is 79.9. The fraction of sp³-hybridized carbons (Fsp3) is 0. The van der Waals surface area contributed by atoms with Crippen molar-refractivity contribution in [2.24, 2.45) is 0 Å². The summed E-state index contributed by atoms with van der Waals surface area (Å²) in [7, 11) is 0. The van der Waals surface area contributed by atoms with Crippen LogP contribution in [-0.4, -0.2) is 40.7 Å². The van der Waals surface area contributed by atoms with E-state index < -0.39 is 5.97 Å². The second kappa shape index (κ2) is 5.90. The molecule has 4 heterocycles. The summed E-state index contributed by atoms with van der Waals surface area (Å²) in [6.45, 7) is 0. The zero-order valence-corrected chi connectivity index (χ0v) is 12.6. The second-order valence-electron chi connectivity index (χ2n) is 4.21. The molecular formula is C13H9BrN6O2. The van der Waals surface area contributed by atoms with Gasteiger partial charge in [-0.05, 0) is 40.2 Å². The van der Waals surface area contributed by atoms with Crippen LogP contribution in [0.15, 0.2) is 53.4 Å². The predicted octanol–water partition coefficient (Wildman–Crippen LogP) is 1.92. The van der Waals surface area contributed by atoms with Crippen molar-refractivity contribution in [2.75, 3.05) is 0 Å². The van der Waals surface area contributed by atoms with E-state index >= 15 is 0 Å². The van der Waals surface area contributed by atoms with E-state index in [9.17, 15) is 4.79 Å². The SMILES string of the molecule is Brc1cccc2cnnn12.O=C(O)c1cccc2cnnn12. The lowest BCUT2D eigenvalue weighted by atomic mass is 10.3. The van der Waals surface area contributed by atoms with Crippen LogP contribution in [-0.2, 0) is 0 Å². The van der Waals surface area contributed by atoms with E-state index in [1.54, 1.807) is 22.8 Å². The largest absolute Gasteiger partial charge is 0.477 e. The molecule has 0 aliphatic rings. The zero-order chi connectivity index (χ0) is 15.5. The summed E-state index contributed by atoms with van der Waals surface area (Å²) >= 11 is 3.34. The average molecular weight is 361 g/mol. The number of nitrogens with zero attached hydrogens (tertiary/aromatic N) is 6. The third kappa shape index (κ3) is 2.66. The molecule has 0 saturated heterocycles. The van der Waals surface area contributed by atoms with Crippen molar-refractivity contribution in [3.8, 4) is 0 Å². The van der Waals surface area contributed by atoms with E-state index in [0.29, 0.717) is 5.52 Å². The molecule has 0 aromatic carbocycles. The van der Waals surface area contributed by atoms with Crippen LogP contribution in [0.4, 0.5) is 0 Å². The van der Waals surface area contributed by atoms with Gasteiger partial charge < -0.3 is 5.11 Å². The van der Waals surface area contributed by atoms with Gasteiger partial charge >= 0.3 is 5.97 Å². The monoisotopic (exact) mass is 360 g/mol. The number of aromatic nitrogens is 6. The van der Waals surface area contributed by atoms with Gasteiger partial charge in [0.25, 0.3) is 0 Å². The Morgan fingerprint density at radius 1 is 0.955 bits per heavy atom. The Kier molecular flexibility index (Phi) is 3.79. The normalized spacial score (nSPS) is 10.4. The van der Waals surface area contributed by atoms with Gasteiger partial charge in [0.1, 0.15) is 4.60 Å². The van der Waals surface area contributed by atoms with Crippen molar-refractivity contribution in [2.45, 2.75) is 0 Å². The molecule has 1 N–H and O–H groups in total. The summed E-state index contributed by atoms with van der Waals surface area (Å²) in [6.07, 6.45) is 3.22. The summed E-state index contributed by atoms with van der Waals surface area (Å²) in [4.78, 5) is 10.6. The van der Waals surface area contributed by atoms with Gasteiger partial charge in [-0.2, -0.15) is 0 Å². The van der Waals surface area contributed by atoms with Crippen LogP contribution in [0, 0.1) is 0 Å². The van der Waals surface area contributed by atoms with Gasteiger partial charge in [0.15, 0.2) is 5.69 Å². The van der Waals surface area contributed by atoms with E-state index in [-0.39, 0.29) is 5.69 Å². The molecule has 8 nitrogen and oxygen atoms in total. The lowest BCUT2D eigenvalue weighted by Crippen LogP contribution is -2.05. The smallest absolute Gasteiger partial charge is 0.354 e.